The van der Waals surface area contributed by atoms with Crippen LogP contribution in [0.25, 0.3) is 0 Å². The number of hydrogen-bond acceptors (Lipinski definition) is 6. The molecule has 0 bridgehead atoms. The van der Waals surface area contributed by atoms with E-state index in [-0.39, 0.29) is 18.1 Å². The summed E-state index contributed by atoms with van der Waals surface area (Å²) < 4.78 is 5.67. The standard InChI is InChI=1S/C11H18N6O2/c1-7(12-2)9-14-15-11(19-9)16-3-4-17-8(6-16)5-13-10(17)18/h7-8,12H,3-6H2,1-2H3,(H,13,18). The fourth-order valence-electron chi connectivity index (χ4n) is 2.43. The van der Waals surface area contributed by atoms with Gasteiger partial charge < -0.3 is 24.9 Å². The van der Waals surface area contributed by atoms with E-state index >= 15 is 0 Å². The molecule has 0 saturated carbocycles. The Balaban J connectivity index is 1.70. The third-order valence-electron chi connectivity index (χ3n) is 3.74. The van der Waals surface area contributed by atoms with Gasteiger partial charge in [0.2, 0.25) is 5.89 Å². The normalized spacial score (nSPS) is 24.3. The molecule has 8 nitrogen and oxygen atoms in total. The summed E-state index contributed by atoms with van der Waals surface area (Å²) in [4.78, 5) is 15.4. The summed E-state index contributed by atoms with van der Waals surface area (Å²) in [7, 11) is 1.85. The van der Waals surface area contributed by atoms with Crippen LogP contribution in [0.3, 0.4) is 0 Å². The van der Waals surface area contributed by atoms with Crippen LogP contribution in [0.5, 0.6) is 0 Å². The minimum atomic E-state index is 0.0275. The van der Waals surface area contributed by atoms with Crippen LogP contribution >= 0.6 is 0 Å². The van der Waals surface area contributed by atoms with Crippen LogP contribution in [0.2, 0.25) is 0 Å². The number of urea groups is 1. The van der Waals surface area contributed by atoms with Gasteiger partial charge >= 0.3 is 12.0 Å². The van der Waals surface area contributed by atoms with Gasteiger partial charge in [0.25, 0.3) is 0 Å². The number of nitrogens with one attached hydrogen (secondary N) is 2. The van der Waals surface area contributed by atoms with Crippen LogP contribution in [-0.2, 0) is 0 Å². The fraction of sp³-hybridized carbons (Fsp3) is 0.727. The van der Waals surface area contributed by atoms with Gasteiger partial charge in [-0.15, -0.1) is 5.10 Å². The topological polar surface area (TPSA) is 86.5 Å². The average Bonchev–Trinajstić information content (AvgIpc) is 3.05. The molecule has 0 spiro atoms. The lowest BCUT2D eigenvalue weighted by Gasteiger charge is -2.35. The number of hydrogen-bond donors (Lipinski definition) is 2. The highest BCUT2D eigenvalue weighted by atomic mass is 16.4. The van der Waals surface area contributed by atoms with E-state index in [9.17, 15) is 4.79 Å². The summed E-state index contributed by atoms with van der Waals surface area (Å²) in [5.41, 5.74) is 0. The molecule has 3 rings (SSSR count). The molecule has 19 heavy (non-hydrogen) atoms. The first-order valence-corrected chi connectivity index (χ1v) is 6.49. The molecule has 0 aromatic carbocycles. The van der Waals surface area contributed by atoms with Crippen LogP contribution in [0, 0.1) is 0 Å². The Morgan fingerprint density at radius 3 is 3.11 bits per heavy atom. The van der Waals surface area contributed by atoms with Crippen molar-refractivity contribution in [3.63, 3.8) is 0 Å². The second-order valence-electron chi connectivity index (χ2n) is 4.91. The van der Waals surface area contributed by atoms with E-state index in [4.69, 9.17) is 4.42 Å². The molecule has 1 aromatic heterocycles. The van der Waals surface area contributed by atoms with E-state index in [1.165, 1.54) is 0 Å². The third kappa shape index (κ3) is 2.12. The van der Waals surface area contributed by atoms with E-state index in [1.54, 1.807) is 0 Å². The number of carbonyl (C=O) groups is 1. The molecule has 2 saturated heterocycles. The lowest BCUT2D eigenvalue weighted by atomic mass is 10.2. The van der Waals surface area contributed by atoms with Crippen LogP contribution in [-0.4, -0.2) is 60.4 Å². The highest BCUT2D eigenvalue weighted by Crippen LogP contribution is 2.21. The van der Waals surface area contributed by atoms with Gasteiger partial charge in [-0.3, -0.25) is 0 Å². The summed E-state index contributed by atoms with van der Waals surface area (Å²) >= 11 is 0. The summed E-state index contributed by atoms with van der Waals surface area (Å²) in [5.74, 6) is 0.584. The first-order chi connectivity index (χ1) is 9.19. The van der Waals surface area contributed by atoms with E-state index in [2.05, 4.69) is 20.8 Å². The van der Waals surface area contributed by atoms with Gasteiger partial charge in [-0.05, 0) is 14.0 Å². The van der Waals surface area contributed by atoms with Gasteiger partial charge in [-0.25, -0.2) is 4.79 Å². The molecule has 1 aromatic rings. The number of piperazine rings is 1. The van der Waals surface area contributed by atoms with Crippen LogP contribution in [0.15, 0.2) is 4.42 Å². The molecular formula is C11H18N6O2. The quantitative estimate of drug-likeness (QED) is 0.771. The molecule has 0 radical (unpaired) electrons. The van der Waals surface area contributed by atoms with Crippen molar-refractivity contribution in [1.29, 1.82) is 0 Å². The summed E-state index contributed by atoms with van der Waals surface area (Å²) in [6.07, 6.45) is 0. The fourth-order valence-corrected chi connectivity index (χ4v) is 2.43. The average molecular weight is 266 g/mol. The van der Waals surface area contributed by atoms with Gasteiger partial charge in [-0.2, -0.15) is 0 Å². The SMILES string of the molecule is CNC(C)c1nnc(N2CCN3C(=O)NCC3C2)o1. The number of amides is 2. The number of anilines is 1. The maximum atomic E-state index is 11.5. The van der Waals surface area contributed by atoms with Crippen molar-refractivity contribution in [1.82, 2.24) is 25.7 Å². The van der Waals surface area contributed by atoms with Crippen LogP contribution in [0.4, 0.5) is 10.8 Å². The molecule has 104 valence electrons. The number of fused-ring (bicyclic) bond motifs is 1. The number of rotatable bonds is 3. The molecule has 2 aliphatic heterocycles. The third-order valence-corrected chi connectivity index (χ3v) is 3.74. The lowest BCUT2D eigenvalue weighted by Crippen LogP contribution is -2.52. The molecule has 2 fully saturated rings. The van der Waals surface area contributed by atoms with Gasteiger partial charge in [0.1, 0.15) is 0 Å². The van der Waals surface area contributed by atoms with Gasteiger partial charge in [-0.1, -0.05) is 5.10 Å². The Morgan fingerprint density at radius 1 is 1.47 bits per heavy atom. The lowest BCUT2D eigenvalue weighted by molar-refractivity contribution is 0.196. The number of nitrogens with zero attached hydrogens (tertiary/aromatic N) is 4. The molecule has 2 atom stereocenters. The van der Waals surface area contributed by atoms with Gasteiger partial charge in [0, 0.05) is 26.2 Å². The molecule has 0 aliphatic carbocycles. The highest BCUT2D eigenvalue weighted by Gasteiger charge is 2.36. The number of aromatic nitrogens is 2. The smallest absolute Gasteiger partial charge is 0.318 e. The zero-order valence-corrected chi connectivity index (χ0v) is 11.1. The number of carbonyl (C=O) groups excluding carboxylic acids is 1. The van der Waals surface area contributed by atoms with E-state index < -0.39 is 0 Å². The van der Waals surface area contributed by atoms with Crippen molar-refractivity contribution in [3.05, 3.63) is 5.89 Å². The molecule has 8 heteroatoms. The first kappa shape index (κ1) is 12.2. The van der Waals surface area contributed by atoms with Gasteiger partial charge in [0.15, 0.2) is 0 Å². The molecule has 2 N–H and O–H groups in total. The Morgan fingerprint density at radius 2 is 2.32 bits per heavy atom. The van der Waals surface area contributed by atoms with Crippen LogP contribution in [0.1, 0.15) is 18.9 Å². The molecule has 2 amide bonds. The van der Waals surface area contributed by atoms with E-state index in [0.29, 0.717) is 25.0 Å². The minimum absolute atomic E-state index is 0.0275. The summed E-state index contributed by atoms with van der Waals surface area (Å²) in [5, 5.41) is 14.0. The van der Waals surface area contributed by atoms with Crippen molar-refractivity contribution in [2.24, 2.45) is 0 Å². The maximum absolute atomic E-state index is 11.5. The first-order valence-electron chi connectivity index (χ1n) is 6.49. The maximum Gasteiger partial charge on any atom is 0.318 e. The molecule has 2 unspecified atom stereocenters. The van der Waals surface area contributed by atoms with Crippen molar-refractivity contribution >= 4 is 12.0 Å². The molecule has 3 heterocycles. The summed E-state index contributed by atoms with van der Waals surface area (Å²) in [6, 6.07) is 0.798. The second kappa shape index (κ2) is 4.69. The van der Waals surface area contributed by atoms with E-state index in [1.807, 2.05) is 23.8 Å². The Bertz CT molecular complexity index is 476. The van der Waals surface area contributed by atoms with Gasteiger partial charge in [0.05, 0.1) is 12.1 Å². The van der Waals surface area contributed by atoms with Crippen molar-refractivity contribution in [3.8, 4) is 0 Å². The zero-order valence-electron chi connectivity index (χ0n) is 11.1. The molecule has 2 aliphatic rings. The van der Waals surface area contributed by atoms with E-state index in [0.717, 1.165) is 13.1 Å². The Hall–Kier alpha value is -1.83. The predicted octanol–water partition coefficient (Wildman–Crippen LogP) is -0.436. The summed E-state index contributed by atoms with van der Waals surface area (Å²) in [6.45, 7) is 4.79. The zero-order chi connectivity index (χ0) is 13.4. The van der Waals surface area contributed by atoms with Crippen molar-refractivity contribution in [2.75, 3.05) is 38.1 Å². The Labute approximate surface area is 111 Å². The minimum Gasteiger partial charge on any atom is -0.406 e. The predicted molar refractivity (Wildman–Crippen MR) is 67.9 cm³/mol. The largest absolute Gasteiger partial charge is 0.406 e. The highest BCUT2D eigenvalue weighted by molar-refractivity contribution is 5.77. The van der Waals surface area contributed by atoms with Crippen LogP contribution < -0.4 is 15.5 Å². The Kier molecular flexibility index (Phi) is 3.02. The second-order valence-corrected chi connectivity index (χ2v) is 4.91. The molecular weight excluding hydrogens is 248 g/mol. The monoisotopic (exact) mass is 266 g/mol. The van der Waals surface area contributed by atoms with Crippen molar-refractivity contribution in [2.45, 2.75) is 19.0 Å². The van der Waals surface area contributed by atoms with Crippen molar-refractivity contribution < 1.29 is 9.21 Å².